The summed E-state index contributed by atoms with van der Waals surface area (Å²) in [5.41, 5.74) is 2.23. The summed E-state index contributed by atoms with van der Waals surface area (Å²) < 4.78 is 2.22. The molecule has 0 aliphatic heterocycles. The molecule has 0 amide bonds. The summed E-state index contributed by atoms with van der Waals surface area (Å²) in [6.45, 7) is 3.17. The van der Waals surface area contributed by atoms with Crippen molar-refractivity contribution in [2.75, 3.05) is 7.05 Å². The Morgan fingerprint density at radius 1 is 1.19 bits per heavy atom. The van der Waals surface area contributed by atoms with E-state index in [1.165, 1.54) is 5.56 Å². The van der Waals surface area contributed by atoms with Crippen LogP contribution in [0.2, 0.25) is 0 Å². The monoisotopic (exact) mass is 280 g/mol. The number of hydrogen-bond acceptors (Lipinski definition) is 3. The lowest BCUT2D eigenvalue weighted by molar-refractivity contribution is 0.568. The standard InChI is InChI=1S/C17H20N4/c1-3-10-21-11-9-20-17(21)16(18-2)14-6-7-15-13(12-14)5-4-8-19-15/h4-9,11-12,16,18H,3,10H2,1-2H3. The van der Waals surface area contributed by atoms with Gasteiger partial charge < -0.3 is 9.88 Å². The van der Waals surface area contributed by atoms with Crippen LogP contribution < -0.4 is 5.32 Å². The first kappa shape index (κ1) is 13.8. The Balaban J connectivity index is 2.03. The van der Waals surface area contributed by atoms with Crippen molar-refractivity contribution in [1.82, 2.24) is 19.9 Å². The van der Waals surface area contributed by atoms with Gasteiger partial charge in [-0.3, -0.25) is 4.98 Å². The van der Waals surface area contributed by atoms with Gasteiger partial charge in [0.15, 0.2) is 0 Å². The summed E-state index contributed by atoms with van der Waals surface area (Å²) in [5.74, 6) is 1.06. The second kappa shape index (κ2) is 6.06. The highest BCUT2D eigenvalue weighted by Crippen LogP contribution is 2.24. The van der Waals surface area contributed by atoms with Crippen LogP contribution in [0.15, 0.2) is 48.9 Å². The number of nitrogens with one attached hydrogen (secondary N) is 1. The highest BCUT2D eigenvalue weighted by Gasteiger charge is 2.17. The zero-order chi connectivity index (χ0) is 14.7. The zero-order valence-corrected chi connectivity index (χ0v) is 12.5. The molecule has 108 valence electrons. The molecule has 2 heterocycles. The van der Waals surface area contributed by atoms with E-state index in [0.29, 0.717) is 0 Å². The molecule has 0 saturated carbocycles. The zero-order valence-electron chi connectivity index (χ0n) is 12.5. The fourth-order valence-electron chi connectivity index (χ4n) is 2.73. The molecule has 1 unspecified atom stereocenters. The Kier molecular flexibility index (Phi) is 3.97. The maximum atomic E-state index is 4.55. The SMILES string of the molecule is CCCn1ccnc1C(NC)c1ccc2ncccc2c1. The van der Waals surface area contributed by atoms with Crippen LogP contribution in [-0.2, 0) is 6.54 Å². The van der Waals surface area contributed by atoms with E-state index in [4.69, 9.17) is 0 Å². The van der Waals surface area contributed by atoms with Gasteiger partial charge in [0.1, 0.15) is 5.82 Å². The van der Waals surface area contributed by atoms with Gasteiger partial charge in [-0.05, 0) is 37.2 Å². The van der Waals surface area contributed by atoms with E-state index in [-0.39, 0.29) is 6.04 Å². The van der Waals surface area contributed by atoms with Gasteiger partial charge in [-0.15, -0.1) is 0 Å². The third kappa shape index (κ3) is 2.67. The van der Waals surface area contributed by atoms with E-state index < -0.39 is 0 Å². The van der Waals surface area contributed by atoms with E-state index in [0.717, 1.165) is 29.7 Å². The summed E-state index contributed by atoms with van der Waals surface area (Å²) in [4.78, 5) is 8.92. The molecule has 1 aromatic carbocycles. The number of imidazole rings is 1. The van der Waals surface area contributed by atoms with Crippen LogP contribution in [-0.4, -0.2) is 21.6 Å². The molecule has 0 fully saturated rings. The summed E-state index contributed by atoms with van der Waals surface area (Å²) in [7, 11) is 1.98. The van der Waals surface area contributed by atoms with Gasteiger partial charge in [-0.25, -0.2) is 4.98 Å². The maximum absolute atomic E-state index is 4.55. The van der Waals surface area contributed by atoms with E-state index >= 15 is 0 Å². The van der Waals surface area contributed by atoms with Gasteiger partial charge in [0.2, 0.25) is 0 Å². The minimum Gasteiger partial charge on any atom is -0.333 e. The normalized spacial score (nSPS) is 12.7. The Morgan fingerprint density at radius 3 is 2.90 bits per heavy atom. The van der Waals surface area contributed by atoms with Gasteiger partial charge in [0.05, 0.1) is 11.6 Å². The van der Waals surface area contributed by atoms with E-state index in [1.807, 2.05) is 31.7 Å². The molecule has 1 atom stereocenters. The maximum Gasteiger partial charge on any atom is 0.130 e. The van der Waals surface area contributed by atoms with Crippen molar-refractivity contribution in [3.05, 3.63) is 60.3 Å². The second-order valence-corrected chi connectivity index (χ2v) is 5.16. The van der Waals surface area contributed by atoms with Crippen LogP contribution in [0.1, 0.15) is 30.8 Å². The highest BCUT2D eigenvalue weighted by atomic mass is 15.1. The largest absolute Gasteiger partial charge is 0.333 e. The molecule has 0 radical (unpaired) electrons. The number of benzene rings is 1. The predicted molar refractivity (Wildman–Crippen MR) is 85.2 cm³/mol. The lowest BCUT2D eigenvalue weighted by Gasteiger charge is -2.18. The van der Waals surface area contributed by atoms with Gasteiger partial charge in [0.25, 0.3) is 0 Å². The minimum absolute atomic E-state index is 0.0937. The average molecular weight is 280 g/mol. The van der Waals surface area contributed by atoms with Gasteiger partial charge in [-0.2, -0.15) is 0 Å². The number of pyridine rings is 1. The van der Waals surface area contributed by atoms with Crippen LogP contribution >= 0.6 is 0 Å². The molecule has 0 bridgehead atoms. The third-order valence-electron chi connectivity index (χ3n) is 3.72. The second-order valence-electron chi connectivity index (χ2n) is 5.16. The van der Waals surface area contributed by atoms with Crippen LogP contribution in [0.5, 0.6) is 0 Å². The Bertz CT molecular complexity index is 732. The van der Waals surface area contributed by atoms with E-state index in [2.05, 4.69) is 51.0 Å². The fourth-order valence-corrected chi connectivity index (χ4v) is 2.73. The lowest BCUT2D eigenvalue weighted by atomic mass is 10.0. The van der Waals surface area contributed by atoms with E-state index in [9.17, 15) is 0 Å². The molecular weight excluding hydrogens is 260 g/mol. The molecule has 0 saturated heterocycles. The van der Waals surface area contributed by atoms with Gasteiger partial charge in [0, 0.05) is 30.5 Å². The first-order chi connectivity index (χ1) is 10.3. The first-order valence-electron chi connectivity index (χ1n) is 7.36. The topological polar surface area (TPSA) is 42.7 Å². The van der Waals surface area contributed by atoms with E-state index in [1.54, 1.807) is 0 Å². The first-order valence-corrected chi connectivity index (χ1v) is 7.36. The smallest absolute Gasteiger partial charge is 0.130 e. The number of hydrogen-bond donors (Lipinski definition) is 1. The molecular formula is C17H20N4. The molecule has 0 spiro atoms. The average Bonchev–Trinajstić information content (AvgIpc) is 2.97. The highest BCUT2D eigenvalue weighted by molar-refractivity contribution is 5.79. The van der Waals surface area contributed by atoms with Crippen LogP contribution in [0.3, 0.4) is 0 Å². The molecule has 4 heteroatoms. The predicted octanol–water partition coefficient (Wildman–Crippen LogP) is 3.15. The molecule has 1 N–H and O–H groups in total. The van der Waals surface area contributed by atoms with Gasteiger partial charge >= 0.3 is 0 Å². The summed E-state index contributed by atoms with van der Waals surface area (Å²) in [6, 6.07) is 10.5. The van der Waals surface area contributed by atoms with Crippen molar-refractivity contribution in [3.63, 3.8) is 0 Å². The number of aromatic nitrogens is 3. The number of nitrogens with zero attached hydrogens (tertiary/aromatic N) is 3. The Morgan fingerprint density at radius 2 is 2.10 bits per heavy atom. The van der Waals surface area contributed by atoms with Crippen molar-refractivity contribution in [2.24, 2.45) is 0 Å². The van der Waals surface area contributed by atoms with Crippen molar-refractivity contribution in [1.29, 1.82) is 0 Å². The minimum atomic E-state index is 0.0937. The summed E-state index contributed by atoms with van der Waals surface area (Å²) >= 11 is 0. The molecule has 4 nitrogen and oxygen atoms in total. The quantitative estimate of drug-likeness (QED) is 0.780. The van der Waals surface area contributed by atoms with Crippen LogP contribution in [0.4, 0.5) is 0 Å². The molecule has 3 aromatic rings. The van der Waals surface area contributed by atoms with Crippen molar-refractivity contribution >= 4 is 10.9 Å². The molecule has 0 aliphatic carbocycles. The molecule has 0 aliphatic rings. The summed E-state index contributed by atoms with van der Waals surface area (Å²) in [5, 5.41) is 4.54. The van der Waals surface area contributed by atoms with Crippen molar-refractivity contribution in [3.8, 4) is 0 Å². The molecule has 2 aromatic heterocycles. The lowest BCUT2D eigenvalue weighted by Crippen LogP contribution is -2.22. The van der Waals surface area contributed by atoms with Gasteiger partial charge in [-0.1, -0.05) is 19.1 Å². The molecule has 3 rings (SSSR count). The Labute approximate surface area is 124 Å². The summed E-state index contributed by atoms with van der Waals surface area (Å²) in [6.07, 6.45) is 6.84. The number of fused-ring (bicyclic) bond motifs is 1. The number of rotatable bonds is 5. The van der Waals surface area contributed by atoms with Crippen molar-refractivity contribution in [2.45, 2.75) is 25.9 Å². The Hall–Kier alpha value is -2.20. The molecule has 21 heavy (non-hydrogen) atoms. The van der Waals surface area contributed by atoms with Crippen LogP contribution in [0.25, 0.3) is 10.9 Å². The van der Waals surface area contributed by atoms with Crippen molar-refractivity contribution < 1.29 is 0 Å². The third-order valence-corrected chi connectivity index (χ3v) is 3.72. The van der Waals surface area contributed by atoms with Crippen LogP contribution in [0, 0.1) is 0 Å². The fraction of sp³-hybridized carbons (Fsp3) is 0.294. The number of aryl methyl sites for hydroxylation is 1.